The Bertz CT molecular complexity index is 317. The van der Waals surface area contributed by atoms with E-state index >= 15 is 0 Å². The van der Waals surface area contributed by atoms with E-state index in [4.69, 9.17) is 9.47 Å². The van der Waals surface area contributed by atoms with E-state index in [0.29, 0.717) is 12.1 Å². The number of hydrogen-bond acceptors (Lipinski definition) is 3. The molecule has 0 amide bonds. The van der Waals surface area contributed by atoms with Crippen molar-refractivity contribution in [3.05, 3.63) is 29.8 Å². The quantitative estimate of drug-likeness (QED) is 0.845. The summed E-state index contributed by atoms with van der Waals surface area (Å²) in [6, 6.07) is 9.06. The fraction of sp³-hybridized carbons (Fsp3) is 0.538. The molecule has 1 saturated heterocycles. The fourth-order valence-corrected chi connectivity index (χ4v) is 2.01. The third-order valence-electron chi connectivity index (χ3n) is 3.03. The zero-order valence-corrected chi connectivity index (χ0v) is 9.90. The average molecular weight is 221 g/mol. The van der Waals surface area contributed by atoms with E-state index in [1.165, 1.54) is 5.56 Å². The van der Waals surface area contributed by atoms with E-state index in [-0.39, 0.29) is 0 Å². The van der Waals surface area contributed by atoms with Crippen molar-refractivity contribution in [2.24, 2.45) is 0 Å². The van der Waals surface area contributed by atoms with Gasteiger partial charge in [0.05, 0.1) is 13.7 Å². The van der Waals surface area contributed by atoms with Gasteiger partial charge in [-0.2, -0.15) is 0 Å². The van der Waals surface area contributed by atoms with Crippen LogP contribution in [-0.2, 0) is 4.74 Å². The van der Waals surface area contributed by atoms with Crippen LogP contribution in [0.25, 0.3) is 0 Å². The summed E-state index contributed by atoms with van der Waals surface area (Å²) >= 11 is 0. The van der Waals surface area contributed by atoms with Gasteiger partial charge in [0.1, 0.15) is 5.75 Å². The van der Waals surface area contributed by atoms with Gasteiger partial charge in [0, 0.05) is 18.7 Å². The lowest BCUT2D eigenvalue weighted by molar-refractivity contribution is 0.188. The number of nitrogens with one attached hydrogen (secondary N) is 1. The first-order valence-electron chi connectivity index (χ1n) is 5.77. The molecule has 2 rings (SSSR count). The van der Waals surface area contributed by atoms with Crippen LogP contribution >= 0.6 is 0 Å². The lowest BCUT2D eigenvalue weighted by atomic mass is 10.1. The first-order chi connectivity index (χ1) is 7.79. The Kier molecular flexibility index (Phi) is 3.80. The molecule has 0 spiro atoms. The van der Waals surface area contributed by atoms with E-state index < -0.39 is 0 Å². The molecule has 3 heteroatoms. The Morgan fingerprint density at radius 2 is 2.12 bits per heavy atom. The van der Waals surface area contributed by atoms with Crippen molar-refractivity contribution >= 4 is 0 Å². The molecule has 2 atom stereocenters. The maximum atomic E-state index is 5.35. The van der Waals surface area contributed by atoms with E-state index in [9.17, 15) is 0 Å². The Balaban J connectivity index is 1.94. The molecule has 0 aliphatic carbocycles. The van der Waals surface area contributed by atoms with Gasteiger partial charge in [-0.3, -0.25) is 0 Å². The van der Waals surface area contributed by atoms with Crippen LogP contribution in [-0.4, -0.2) is 26.4 Å². The maximum absolute atomic E-state index is 5.35. The highest BCUT2D eigenvalue weighted by Crippen LogP contribution is 2.18. The van der Waals surface area contributed by atoms with E-state index in [1.54, 1.807) is 7.11 Å². The lowest BCUT2D eigenvalue weighted by Crippen LogP contribution is -2.31. The molecule has 1 aromatic rings. The van der Waals surface area contributed by atoms with Crippen molar-refractivity contribution in [2.45, 2.75) is 25.4 Å². The van der Waals surface area contributed by atoms with Crippen LogP contribution in [0.4, 0.5) is 0 Å². The van der Waals surface area contributed by atoms with Crippen LogP contribution in [0.5, 0.6) is 5.75 Å². The second-order valence-corrected chi connectivity index (χ2v) is 4.22. The second-order valence-electron chi connectivity index (χ2n) is 4.22. The van der Waals surface area contributed by atoms with Gasteiger partial charge in [-0.15, -0.1) is 0 Å². The third-order valence-corrected chi connectivity index (χ3v) is 3.03. The van der Waals surface area contributed by atoms with Gasteiger partial charge >= 0.3 is 0 Å². The van der Waals surface area contributed by atoms with E-state index in [0.717, 1.165) is 25.4 Å². The molecule has 1 aliphatic rings. The predicted molar refractivity (Wildman–Crippen MR) is 63.8 cm³/mol. The largest absolute Gasteiger partial charge is 0.497 e. The molecule has 0 bridgehead atoms. The van der Waals surface area contributed by atoms with Crippen molar-refractivity contribution in [3.63, 3.8) is 0 Å². The van der Waals surface area contributed by atoms with E-state index in [1.807, 2.05) is 12.1 Å². The minimum atomic E-state index is 0.359. The highest BCUT2D eigenvalue weighted by atomic mass is 16.5. The van der Waals surface area contributed by atoms with Crippen LogP contribution in [0.1, 0.15) is 24.9 Å². The first kappa shape index (κ1) is 11.4. The minimum absolute atomic E-state index is 0.359. The van der Waals surface area contributed by atoms with Crippen molar-refractivity contribution in [3.8, 4) is 5.75 Å². The molecule has 3 nitrogen and oxygen atoms in total. The summed E-state index contributed by atoms with van der Waals surface area (Å²) in [4.78, 5) is 0. The molecular weight excluding hydrogens is 202 g/mol. The molecule has 1 heterocycles. The summed E-state index contributed by atoms with van der Waals surface area (Å²) in [5, 5.41) is 3.57. The van der Waals surface area contributed by atoms with E-state index in [2.05, 4.69) is 24.4 Å². The van der Waals surface area contributed by atoms with Crippen LogP contribution in [0.15, 0.2) is 24.3 Å². The van der Waals surface area contributed by atoms with Gasteiger partial charge < -0.3 is 14.8 Å². The smallest absolute Gasteiger partial charge is 0.118 e. The highest BCUT2D eigenvalue weighted by Gasteiger charge is 2.17. The zero-order chi connectivity index (χ0) is 11.4. The van der Waals surface area contributed by atoms with Crippen LogP contribution < -0.4 is 10.1 Å². The molecule has 88 valence electrons. The molecule has 16 heavy (non-hydrogen) atoms. The Hall–Kier alpha value is -1.06. The molecular formula is C13H19NO2. The number of methoxy groups -OCH3 is 1. The normalized spacial score (nSPS) is 22.0. The minimum Gasteiger partial charge on any atom is -0.497 e. The van der Waals surface area contributed by atoms with Crippen LogP contribution in [0.2, 0.25) is 0 Å². The summed E-state index contributed by atoms with van der Waals surface area (Å²) in [7, 11) is 1.69. The topological polar surface area (TPSA) is 30.5 Å². The predicted octanol–water partition coefficient (Wildman–Crippen LogP) is 2.13. The molecule has 0 saturated carbocycles. The monoisotopic (exact) mass is 221 g/mol. The van der Waals surface area contributed by atoms with Crippen LogP contribution in [0.3, 0.4) is 0 Å². The average Bonchev–Trinajstić information content (AvgIpc) is 2.82. The van der Waals surface area contributed by atoms with Crippen molar-refractivity contribution < 1.29 is 9.47 Å². The van der Waals surface area contributed by atoms with Gasteiger partial charge in [0.15, 0.2) is 0 Å². The molecule has 0 radical (unpaired) electrons. The fourth-order valence-electron chi connectivity index (χ4n) is 2.01. The van der Waals surface area contributed by atoms with Crippen LogP contribution in [0, 0.1) is 0 Å². The maximum Gasteiger partial charge on any atom is 0.118 e. The number of ether oxygens (including phenoxy) is 2. The summed E-state index contributed by atoms with van der Waals surface area (Å²) in [5.74, 6) is 0.903. The molecule has 1 fully saturated rings. The molecule has 1 aliphatic heterocycles. The summed E-state index contributed by atoms with van der Waals surface area (Å²) in [6.45, 7) is 3.90. The zero-order valence-electron chi connectivity index (χ0n) is 9.90. The standard InChI is InChI=1S/C13H19NO2/c1-10(14-12-7-8-16-9-12)11-3-5-13(15-2)6-4-11/h3-6,10,12,14H,7-9H2,1-2H3/t10-,12?/m1/s1. The van der Waals surface area contributed by atoms with Gasteiger partial charge in [-0.05, 0) is 31.0 Å². The molecule has 0 aromatic heterocycles. The summed E-state index contributed by atoms with van der Waals surface area (Å²) in [6.07, 6.45) is 1.11. The number of benzene rings is 1. The molecule has 1 unspecified atom stereocenters. The third kappa shape index (κ3) is 2.74. The van der Waals surface area contributed by atoms with Crippen molar-refractivity contribution in [1.82, 2.24) is 5.32 Å². The summed E-state index contributed by atoms with van der Waals surface area (Å²) in [5.41, 5.74) is 1.28. The Morgan fingerprint density at radius 1 is 1.38 bits per heavy atom. The number of hydrogen-bond donors (Lipinski definition) is 1. The molecule has 1 aromatic carbocycles. The SMILES string of the molecule is COc1ccc([C@@H](C)NC2CCOC2)cc1. The Labute approximate surface area is 96.8 Å². The lowest BCUT2D eigenvalue weighted by Gasteiger charge is -2.18. The number of rotatable bonds is 4. The van der Waals surface area contributed by atoms with Gasteiger partial charge in [0.25, 0.3) is 0 Å². The highest BCUT2D eigenvalue weighted by molar-refractivity contribution is 5.28. The van der Waals surface area contributed by atoms with Gasteiger partial charge in [-0.1, -0.05) is 12.1 Å². The first-order valence-corrected chi connectivity index (χ1v) is 5.77. The molecule has 1 N–H and O–H groups in total. The second kappa shape index (κ2) is 5.32. The summed E-state index contributed by atoms with van der Waals surface area (Å²) < 4.78 is 10.5. The Morgan fingerprint density at radius 3 is 2.69 bits per heavy atom. The van der Waals surface area contributed by atoms with Crippen molar-refractivity contribution in [2.75, 3.05) is 20.3 Å². The van der Waals surface area contributed by atoms with Gasteiger partial charge in [0.2, 0.25) is 0 Å². The van der Waals surface area contributed by atoms with Crippen molar-refractivity contribution in [1.29, 1.82) is 0 Å². The van der Waals surface area contributed by atoms with Gasteiger partial charge in [-0.25, -0.2) is 0 Å².